The van der Waals surface area contributed by atoms with Gasteiger partial charge in [0.25, 0.3) is 0 Å². The summed E-state index contributed by atoms with van der Waals surface area (Å²) in [7, 11) is 0. The summed E-state index contributed by atoms with van der Waals surface area (Å²) in [5, 5.41) is 75.3. The molecule has 2 aromatic carbocycles. The van der Waals surface area contributed by atoms with Crippen LogP contribution in [-0.2, 0) is 47.6 Å². The van der Waals surface area contributed by atoms with Gasteiger partial charge in [0.1, 0.15) is 35.6 Å². The molecule has 7 N–H and O–H groups in total. The summed E-state index contributed by atoms with van der Waals surface area (Å²) < 4.78 is 34.9. The largest absolute Gasteiger partial charge is 0.481 e. The van der Waals surface area contributed by atoms with Gasteiger partial charge in [-0.1, -0.05) is 82.6 Å². The molecule has 1 saturated carbocycles. The number of aliphatic hydroxyl groups is 5. The molecule has 0 radical (unpaired) electrons. The number of ether oxygens (including phenoxy) is 6. The number of carboxylic acid groups (broad SMARTS) is 1. The molecule has 1 aliphatic heterocycles. The van der Waals surface area contributed by atoms with Gasteiger partial charge in [-0.3, -0.25) is 14.4 Å². The number of benzene rings is 2. The molecule has 1 amide bonds. The van der Waals surface area contributed by atoms with E-state index in [1.807, 2.05) is 0 Å². The van der Waals surface area contributed by atoms with Crippen LogP contribution in [0.2, 0.25) is 0 Å². The molecule has 378 valence electrons. The second kappa shape index (κ2) is 23.4. The molecule has 2 aliphatic rings. The minimum Gasteiger partial charge on any atom is -0.481 e. The lowest BCUT2D eigenvalue weighted by atomic mass is 9.56. The minimum atomic E-state index is -2.79. The number of esters is 4. The average Bonchev–Trinajstić information content (AvgIpc) is 3.37. The molecule has 2 aromatic rings. The number of hydrogen-bond acceptors (Lipinski definition) is 17. The van der Waals surface area contributed by atoms with E-state index in [2.05, 4.69) is 5.32 Å². The Kier molecular flexibility index (Phi) is 19.1. The minimum absolute atomic E-state index is 0.0170. The van der Waals surface area contributed by atoms with Gasteiger partial charge >= 0.3 is 35.9 Å². The number of rotatable bonds is 16. The van der Waals surface area contributed by atoms with E-state index in [4.69, 9.17) is 28.4 Å². The molecule has 19 nitrogen and oxygen atoms in total. The first-order valence-corrected chi connectivity index (χ1v) is 23.0. The van der Waals surface area contributed by atoms with Crippen LogP contribution in [0.25, 0.3) is 0 Å². The van der Waals surface area contributed by atoms with Gasteiger partial charge in [-0.15, -0.1) is 0 Å². The molecule has 0 bridgehead atoms. The zero-order valence-corrected chi connectivity index (χ0v) is 40.0. The first-order valence-electron chi connectivity index (χ1n) is 23.0. The molecule has 1 heterocycles. The first-order chi connectivity index (χ1) is 31.8. The number of carboxylic acids is 1. The van der Waals surface area contributed by atoms with Crippen LogP contribution >= 0.6 is 0 Å². The number of aliphatic hydroxyl groups excluding tert-OH is 3. The molecular weight excluding hydrogens is 891 g/mol. The molecule has 8 unspecified atom stereocenters. The number of nitrogens with one attached hydrogen (secondary N) is 1. The van der Waals surface area contributed by atoms with Crippen LogP contribution in [0.15, 0.2) is 60.7 Å². The topological polar surface area (TPSA) is 291 Å². The van der Waals surface area contributed by atoms with Gasteiger partial charge in [0.05, 0.1) is 42.0 Å². The second-order valence-electron chi connectivity index (χ2n) is 19.0. The molecule has 68 heavy (non-hydrogen) atoms. The third kappa shape index (κ3) is 13.3. The van der Waals surface area contributed by atoms with E-state index >= 15 is 0 Å². The van der Waals surface area contributed by atoms with Crippen LogP contribution in [0.5, 0.6) is 0 Å². The molecule has 19 heteroatoms. The van der Waals surface area contributed by atoms with E-state index in [-0.39, 0.29) is 36.8 Å². The Labute approximate surface area is 396 Å². The number of carbonyl (C=O) groups is 6. The summed E-state index contributed by atoms with van der Waals surface area (Å²) in [6.45, 7) is 10.7. The lowest BCUT2D eigenvalue weighted by Gasteiger charge is -2.57. The van der Waals surface area contributed by atoms with Crippen molar-refractivity contribution in [3.63, 3.8) is 0 Å². The molecule has 0 spiro atoms. The van der Waals surface area contributed by atoms with Gasteiger partial charge in [0, 0.05) is 32.6 Å². The Morgan fingerprint density at radius 2 is 1.53 bits per heavy atom. The maximum absolute atomic E-state index is 15.0. The fraction of sp³-hybridized carbons (Fsp3) is 0.633. The third-order valence-corrected chi connectivity index (χ3v) is 13.2. The zero-order valence-electron chi connectivity index (χ0n) is 40.0. The molecule has 2 fully saturated rings. The summed E-state index contributed by atoms with van der Waals surface area (Å²) in [5.74, 6) is -7.27. The maximum Gasteiger partial charge on any atom is 0.408 e. The Hall–Kier alpha value is -5.18. The highest BCUT2D eigenvalue weighted by Crippen LogP contribution is 2.52. The quantitative estimate of drug-likeness (QED) is 0.0926. The number of fused-ring (bicyclic) bond motifs is 1. The fourth-order valence-corrected chi connectivity index (χ4v) is 9.18. The molecule has 4 rings (SSSR count). The molecule has 1 saturated heterocycles. The smallest absolute Gasteiger partial charge is 0.408 e. The second-order valence-corrected chi connectivity index (χ2v) is 19.0. The van der Waals surface area contributed by atoms with Gasteiger partial charge in [-0.05, 0) is 63.1 Å². The van der Waals surface area contributed by atoms with Crippen molar-refractivity contribution in [3.05, 3.63) is 71.8 Å². The summed E-state index contributed by atoms with van der Waals surface area (Å²) in [6, 6.07) is 14.0. The summed E-state index contributed by atoms with van der Waals surface area (Å²) >= 11 is 0. The molecule has 13 atom stereocenters. The lowest BCUT2D eigenvalue weighted by Crippen LogP contribution is -2.74. The monoisotopic (exact) mass is 959 g/mol. The van der Waals surface area contributed by atoms with Crippen LogP contribution < -0.4 is 5.32 Å². The fourth-order valence-electron chi connectivity index (χ4n) is 9.18. The van der Waals surface area contributed by atoms with E-state index in [1.54, 1.807) is 71.0 Å². The predicted octanol–water partition coefficient (Wildman–Crippen LogP) is 3.94. The van der Waals surface area contributed by atoms with Crippen molar-refractivity contribution in [1.29, 1.82) is 0 Å². The van der Waals surface area contributed by atoms with Gasteiger partial charge < -0.3 is 64.4 Å². The SMILES string of the molecule is CCC1C(C)[C@@H](OC(=O)[C@H](OC(=O)CCCC(=O)O)C(NC(=O)OC(C)(C)C)c2ccccc2)CC(O)(CC)[C@@H](OC(=O)c2ccccc2)[C@]2(O)COC(COC(C)=O)CC(O)C2(C)C(O)[C@@H]1O. The van der Waals surface area contributed by atoms with Crippen molar-refractivity contribution in [2.75, 3.05) is 13.2 Å². The van der Waals surface area contributed by atoms with Gasteiger partial charge in [-0.2, -0.15) is 0 Å². The van der Waals surface area contributed by atoms with Crippen molar-refractivity contribution in [2.24, 2.45) is 17.3 Å². The van der Waals surface area contributed by atoms with E-state index in [1.165, 1.54) is 38.1 Å². The van der Waals surface area contributed by atoms with E-state index in [9.17, 15) is 59.4 Å². The van der Waals surface area contributed by atoms with Crippen LogP contribution in [0.4, 0.5) is 4.79 Å². The first kappa shape index (κ1) is 55.4. The highest BCUT2D eigenvalue weighted by Gasteiger charge is 2.69. The number of alkyl carbamates (subject to hydrolysis) is 1. The van der Waals surface area contributed by atoms with E-state index in [0.717, 1.165) is 6.92 Å². The Morgan fingerprint density at radius 3 is 2.09 bits per heavy atom. The molecule has 1 aliphatic carbocycles. The summed E-state index contributed by atoms with van der Waals surface area (Å²) in [4.78, 5) is 79.1. The average molecular weight is 960 g/mol. The van der Waals surface area contributed by atoms with Crippen molar-refractivity contribution in [3.8, 4) is 0 Å². The van der Waals surface area contributed by atoms with Crippen LogP contribution in [0.1, 0.15) is 122 Å². The maximum atomic E-state index is 15.0. The Balaban J connectivity index is 1.94. The number of aliphatic carboxylic acids is 1. The van der Waals surface area contributed by atoms with Crippen LogP contribution in [0, 0.1) is 17.3 Å². The molecule has 0 aromatic heterocycles. The zero-order chi connectivity index (χ0) is 50.8. The Morgan fingerprint density at radius 1 is 0.912 bits per heavy atom. The van der Waals surface area contributed by atoms with E-state index < -0.39 is 151 Å². The van der Waals surface area contributed by atoms with Gasteiger partial charge in [0.2, 0.25) is 6.10 Å². The van der Waals surface area contributed by atoms with Gasteiger partial charge in [-0.25, -0.2) is 14.4 Å². The number of hydrogen-bond donors (Lipinski definition) is 7. The van der Waals surface area contributed by atoms with Crippen molar-refractivity contribution >= 4 is 35.9 Å². The third-order valence-electron chi connectivity index (χ3n) is 13.2. The van der Waals surface area contributed by atoms with Crippen molar-refractivity contribution in [2.45, 2.75) is 166 Å². The normalized spacial score (nSPS) is 30.7. The van der Waals surface area contributed by atoms with Crippen molar-refractivity contribution < 1.29 is 87.8 Å². The highest BCUT2D eigenvalue weighted by atomic mass is 16.6. The van der Waals surface area contributed by atoms with E-state index in [0.29, 0.717) is 0 Å². The van der Waals surface area contributed by atoms with Crippen molar-refractivity contribution in [1.82, 2.24) is 5.32 Å². The summed E-state index contributed by atoms with van der Waals surface area (Å²) in [5.41, 5.74) is -8.31. The Bertz CT molecular complexity index is 2030. The molecular formula is C49H69NO18. The number of carbonyl (C=O) groups excluding carboxylic acids is 5. The van der Waals surface area contributed by atoms with Gasteiger partial charge in [0.15, 0.2) is 6.10 Å². The van der Waals surface area contributed by atoms with Crippen LogP contribution in [-0.4, -0.2) is 139 Å². The predicted molar refractivity (Wildman–Crippen MR) is 240 cm³/mol. The standard InChI is InChI=1S/C49H69NO18/c1-9-33-28(3)34(65-43(59)40(66-37(55)23-17-22-36(53)54)38(30-18-13-11-14-19-30)50-45(60)68-46(5,6)7)25-48(61,10-2)44(67-42(58)31-20-15-12-16-21-31)49(62)27-64-32(26-63-29(4)51)24-35(52)47(49,8)41(57)39(33)56/h11-16,18-21,28,32-35,38-41,44,52,56-57,61-62H,9-10,17,22-27H2,1-8H3,(H,50,60)(H,53,54)/t28?,32?,33?,34-,35?,38?,39+,40+,41?,44+,47?,48?,49+/m0/s1. The summed E-state index contributed by atoms with van der Waals surface area (Å²) in [6.07, 6.45) is -15.8. The lowest BCUT2D eigenvalue weighted by molar-refractivity contribution is -0.289. The number of amides is 1. The highest BCUT2D eigenvalue weighted by molar-refractivity contribution is 5.89. The van der Waals surface area contributed by atoms with Crippen LogP contribution in [0.3, 0.4) is 0 Å².